The molecule has 2 N–H and O–H groups in total. The fraction of sp³-hybridized carbons (Fsp3) is 0.214. The lowest BCUT2D eigenvalue weighted by Crippen LogP contribution is -2.47. The number of para-hydroxylation sites is 1. The molecule has 2 amide bonds. The number of anilines is 1. The highest BCUT2D eigenvalue weighted by Crippen LogP contribution is 2.18. The van der Waals surface area contributed by atoms with Crippen LogP contribution in [0, 0.1) is 0 Å². The minimum atomic E-state index is -0.374. The van der Waals surface area contributed by atoms with Crippen LogP contribution in [0.2, 0.25) is 0 Å². The van der Waals surface area contributed by atoms with Gasteiger partial charge >= 0.3 is 0 Å². The van der Waals surface area contributed by atoms with Crippen LogP contribution in [0.4, 0.5) is 5.69 Å². The molecule has 2 heterocycles. The molecule has 3 rings (SSSR count). The van der Waals surface area contributed by atoms with Crippen LogP contribution < -0.4 is 10.6 Å². The molecule has 1 aliphatic heterocycles. The maximum atomic E-state index is 11.7. The van der Waals surface area contributed by atoms with Crippen LogP contribution in [0.3, 0.4) is 0 Å². The molecular weight excluding hydrogens is 242 g/mol. The highest BCUT2D eigenvalue weighted by Gasteiger charge is 2.26. The Kier molecular flexibility index (Phi) is 2.87. The summed E-state index contributed by atoms with van der Waals surface area (Å²) in [6.07, 6.45) is 2.58. The smallest absolute Gasteiger partial charge is 0.249 e. The van der Waals surface area contributed by atoms with E-state index in [-0.39, 0.29) is 17.9 Å². The van der Waals surface area contributed by atoms with Crippen molar-refractivity contribution < 1.29 is 9.59 Å². The van der Waals surface area contributed by atoms with Gasteiger partial charge in [-0.05, 0) is 18.6 Å². The van der Waals surface area contributed by atoms with Crippen LogP contribution in [0.15, 0.2) is 36.5 Å². The van der Waals surface area contributed by atoms with E-state index in [4.69, 9.17) is 0 Å². The number of aromatic nitrogens is 1. The number of imide groups is 1. The lowest BCUT2D eigenvalue weighted by molar-refractivity contribution is -0.133. The summed E-state index contributed by atoms with van der Waals surface area (Å²) in [5.41, 5.74) is 1.70. The zero-order chi connectivity index (χ0) is 13.2. The maximum absolute atomic E-state index is 11.7. The molecule has 2 aromatic rings. The molecule has 5 nitrogen and oxygen atoms in total. The van der Waals surface area contributed by atoms with E-state index >= 15 is 0 Å². The third-order valence-electron chi connectivity index (χ3n) is 3.17. The second-order valence-corrected chi connectivity index (χ2v) is 4.56. The van der Waals surface area contributed by atoms with Gasteiger partial charge in [-0.25, -0.2) is 0 Å². The summed E-state index contributed by atoms with van der Waals surface area (Å²) in [5, 5.41) is 6.46. The topological polar surface area (TPSA) is 71.1 Å². The molecule has 1 atom stereocenters. The Balaban J connectivity index is 1.81. The lowest BCUT2D eigenvalue weighted by atomic mass is 10.1. The van der Waals surface area contributed by atoms with Gasteiger partial charge < -0.3 is 5.32 Å². The third-order valence-corrected chi connectivity index (χ3v) is 3.17. The van der Waals surface area contributed by atoms with Crippen molar-refractivity contribution in [2.45, 2.75) is 18.9 Å². The second-order valence-electron chi connectivity index (χ2n) is 4.56. The number of carbonyl (C=O) groups is 2. The molecule has 1 fully saturated rings. The van der Waals surface area contributed by atoms with E-state index in [2.05, 4.69) is 15.6 Å². The molecule has 1 aliphatic rings. The fourth-order valence-corrected chi connectivity index (χ4v) is 2.18. The minimum absolute atomic E-state index is 0.209. The number of nitrogens with zero attached hydrogens (tertiary/aromatic N) is 1. The average Bonchev–Trinajstić information content (AvgIpc) is 2.42. The molecule has 1 aromatic heterocycles. The molecule has 96 valence electrons. The Morgan fingerprint density at radius 3 is 2.95 bits per heavy atom. The molecule has 1 unspecified atom stereocenters. The SMILES string of the molecule is O=C1CCC(Nc2cnc3ccccc3c2)C(=O)N1. The predicted molar refractivity (Wildman–Crippen MR) is 71.5 cm³/mol. The van der Waals surface area contributed by atoms with E-state index in [1.807, 2.05) is 30.3 Å². The molecule has 0 radical (unpaired) electrons. The van der Waals surface area contributed by atoms with Gasteiger partial charge in [0.05, 0.1) is 17.4 Å². The van der Waals surface area contributed by atoms with Crippen LogP contribution >= 0.6 is 0 Å². The second kappa shape index (κ2) is 4.68. The number of piperidine rings is 1. The maximum Gasteiger partial charge on any atom is 0.249 e. The summed E-state index contributed by atoms with van der Waals surface area (Å²) in [6, 6.07) is 9.36. The number of benzene rings is 1. The number of hydrogen-bond donors (Lipinski definition) is 2. The first-order valence-corrected chi connectivity index (χ1v) is 6.17. The molecular formula is C14H13N3O2. The Morgan fingerprint density at radius 2 is 2.11 bits per heavy atom. The first-order chi connectivity index (χ1) is 9.22. The van der Waals surface area contributed by atoms with Gasteiger partial charge in [-0.2, -0.15) is 0 Å². The summed E-state index contributed by atoms with van der Waals surface area (Å²) < 4.78 is 0. The molecule has 1 aromatic carbocycles. The van der Waals surface area contributed by atoms with Crippen molar-refractivity contribution in [1.82, 2.24) is 10.3 Å². The van der Waals surface area contributed by atoms with Crippen molar-refractivity contribution in [3.8, 4) is 0 Å². The van der Waals surface area contributed by atoms with E-state index in [0.29, 0.717) is 12.8 Å². The van der Waals surface area contributed by atoms with Gasteiger partial charge in [0.1, 0.15) is 6.04 Å². The summed E-state index contributed by atoms with van der Waals surface area (Å²) in [5.74, 6) is -0.482. The average molecular weight is 255 g/mol. The summed E-state index contributed by atoms with van der Waals surface area (Å²) in [4.78, 5) is 27.1. The van der Waals surface area contributed by atoms with Gasteiger partial charge in [-0.15, -0.1) is 0 Å². The van der Waals surface area contributed by atoms with Crippen molar-refractivity contribution in [2.75, 3.05) is 5.32 Å². The number of pyridine rings is 1. The van der Waals surface area contributed by atoms with Crippen LogP contribution in [-0.2, 0) is 9.59 Å². The Bertz CT molecular complexity index is 654. The number of nitrogens with one attached hydrogen (secondary N) is 2. The summed E-state index contributed by atoms with van der Waals surface area (Å²) >= 11 is 0. The number of amides is 2. The number of fused-ring (bicyclic) bond motifs is 1. The minimum Gasteiger partial charge on any atom is -0.372 e. The van der Waals surface area contributed by atoms with Gasteiger partial charge in [-0.1, -0.05) is 18.2 Å². The third kappa shape index (κ3) is 2.40. The zero-order valence-electron chi connectivity index (χ0n) is 10.2. The Morgan fingerprint density at radius 1 is 1.26 bits per heavy atom. The molecule has 1 saturated heterocycles. The fourth-order valence-electron chi connectivity index (χ4n) is 2.18. The number of hydrogen-bond acceptors (Lipinski definition) is 4. The lowest BCUT2D eigenvalue weighted by Gasteiger charge is -2.22. The van der Waals surface area contributed by atoms with Crippen molar-refractivity contribution in [3.05, 3.63) is 36.5 Å². The number of carbonyl (C=O) groups excluding carboxylic acids is 2. The molecule has 0 spiro atoms. The van der Waals surface area contributed by atoms with E-state index < -0.39 is 0 Å². The zero-order valence-corrected chi connectivity index (χ0v) is 10.2. The van der Waals surface area contributed by atoms with Crippen molar-refractivity contribution in [3.63, 3.8) is 0 Å². The van der Waals surface area contributed by atoms with Gasteiger partial charge in [-0.3, -0.25) is 19.9 Å². The molecule has 0 saturated carbocycles. The summed E-state index contributed by atoms with van der Waals surface area (Å²) in [7, 11) is 0. The highest BCUT2D eigenvalue weighted by atomic mass is 16.2. The Hall–Kier alpha value is -2.43. The summed E-state index contributed by atoms with van der Waals surface area (Å²) in [6.45, 7) is 0. The number of rotatable bonds is 2. The van der Waals surface area contributed by atoms with Crippen molar-refractivity contribution >= 4 is 28.4 Å². The van der Waals surface area contributed by atoms with Gasteiger partial charge in [0.2, 0.25) is 11.8 Å². The normalized spacial score (nSPS) is 19.3. The van der Waals surface area contributed by atoms with E-state index in [1.54, 1.807) is 6.20 Å². The first kappa shape index (κ1) is 11.6. The first-order valence-electron chi connectivity index (χ1n) is 6.17. The largest absolute Gasteiger partial charge is 0.372 e. The molecule has 0 bridgehead atoms. The standard InChI is InChI=1S/C14H13N3O2/c18-13-6-5-12(14(19)17-13)16-10-7-9-3-1-2-4-11(9)15-8-10/h1-4,7-8,12,16H,5-6H2,(H,17,18,19). The Labute approximate surface area is 110 Å². The molecule has 5 heteroatoms. The van der Waals surface area contributed by atoms with Crippen LogP contribution in [0.5, 0.6) is 0 Å². The monoisotopic (exact) mass is 255 g/mol. The van der Waals surface area contributed by atoms with Crippen molar-refractivity contribution in [2.24, 2.45) is 0 Å². The van der Waals surface area contributed by atoms with Crippen LogP contribution in [-0.4, -0.2) is 22.8 Å². The van der Waals surface area contributed by atoms with Gasteiger partial charge in [0.25, 0.3) is 0 Å². The van der Waals surface area contributed by atoms with Crippen LogP contribution in [0.25, 0.3) is 10.9 Å². The molecule has 19 heavy (non-hydrogen) atoms. The van der Waals surface area contributed by atoms with E-state index in [9.17, 15) is 9.59 Å². The van der Waals surface area contributed by atoms with Crippen LogP contribution in [0.1, 0.15) is 12.8 Å². The van der Waals surface area contributed by atoms with E-state index in [0.717, 1.165) is 16.6 Å². The molecule has 0 aliphatic carbocycles. The predicted octanol–water partition coefficient (Wildman–Crippen LogP) is 1.45. The quantitative estimate of drug-likeness (QED) is 0.797. The van der Waals surface area contributed by atoms with Crippen molar-refractivity contribution in [1.29, 1.82) is 0 Å². The van der Waals surface area contributed by atoms with E-state index in [1.165, 1.54) is 0 Å². The van der Waals surface area contributed by atoms with Gasteiger partial charge in [0.15, 0.2) is 0 Å². The van der Waals surface area contributed by atoms with Gasteiger partial charge in [0, 0.05) is 11.8 Å². The highest BCUT2D eigenvalue weighted by molar-refractivity contribution is 6.01.